The zero-order valence-corrected chi connectivity index (χ0v) is 7.66. The average molecular weight is 174 g/mol. The third-order valence-corrected chi connectivity index (χ3v) is 1.55. The van der Waals surface area contributed by atoms with E-state index < -0.39 is 0 Å². The van der Waals surface area contributed by atoms with Crippen LogP contribution in [0.4, 0.5) is 0 Å². The molecule has 0 radical (unpaired) electrons. The second-order valence-corrected chi connectivity index (χ2v) is 2.63. The summed E-state index contributed by atoms with van der Waals surface area (Å²) in [7, 11) is 0. The molecular formula is C9H18O3. The van der Waals surface area contributed by atoms with Crippen LogP contribution in [0.1, 0.15) is 39.0 Å². The zero-order valence-electron chi connectivity index (χ0n) is 7.66. The Bertz CT molecular complexity index is 102. The molecule has 0 saturated carbocycles. The molecule has 3 heteroatoms. The summed E-state index contributed by atoms with van der Waals surface area (Å²) in [5.41, 5.74) is 0. The Balaban J connectivity index is 2.86. The van der Waals surface area contributed by atoms with Crippen molar-refractivity contribution in [3.8, 4) is 0 Å². The lowest BCUT2D eigenvalue weighted by molar-refractivity contribution is -0.490. The lowest BCUT2D eigenvalue weighted by atomic mass is 10.2. The monoisotopic (exact) mass is 174 g/mol. The summed E-state index contributed by atoms with van der Waals surface area (Å²) < 4.78 is 0. The van der Waals surface area contributed by atoms with E-state index in [2.05, 4.69) is 29.0 Å². The molecule has 0 aromatic rings. The highest BCUT2D eigenvalue weighted by atomic mass is 17.5. The molecule has 0 saturated heterocycles. The van der Waals surface area contributed by atoms with Gasteiger partial charge in [-0.2, -0.15) is 0 Å². The lowest BCUT2D eigenvalue weighted by Crippen LogP contribution is -1.92. The SMILES string of the molecule is CCC=CCCCCCOOO. The smallest absolute Gasteiger partial charge is 0.0853 e. The van der Waals surface area contributed by atoms with Crippen LogP contribution >= 0.6 is 0 Å². The molecule has 0 aliphatic carbocycles. The highest BCUT2D eigenvalue weighted by molar-refractivity contribution is 4.79. The maximum absolute atomic E-state index is 7.81. The van der Waals surface area contributed by atoms with Gasteiger partial charge in [0.25, 0.3) is 0 Å². The van der Waals surface area contributed by atoms with Gasteiger partial charge < -0.3 is 0 Å². The maximum atomic E-state index is 7.81. The fourth-order valence-electron chi connectivity index (χ4n) is 0.922. The minimum atomic E-state index is 0.466. The molecule has 0 aromatic heterocycles. The van der Waals surface area contributed by atoms with Crippen LogP contribution in [0, 0.1) is 0 Å². The van der Waals surface area contributed by atoms with Crippen LogP contribution in [0.15, 0.2) is 12.2 Å². The van der Waals surface area contributed by atoms with E-state index in [9.17, 15) is 0 Å². The normalized spacial score (nSPS) is 11.2. The number of rotatable bonds is 8. The molecule has 0 atom stereocenters. The first kappa shape index (κ1) is 11.6. The van der Waals surface area contributed by atoms with Gasteiger partial charge in [-0.25, -0.2) is 10.1 Å². The van der Waals surface area contributed by atoms with Gasteiger partial charge in [-0.3, -0.25) is 0 Å². The highest BCUT2D eigenvalue weighted by Crippen LogP contribution is 2.01. The van der Waals surface area contributed by atoms with Crippen molar-refractivity contribution in [2.75, 3.05) is 6.61 Å². The van der Waals surface area contributed by atoms with Crippen molar-refractivity contribution in [1.29, 1.82) is 0 Å². The Morgan fingerprint density at radius 2 is 2.00 bits per heavy atom. The summed E-state index contributed by atoms with van der Waals surface area (Å²) >= 11 is 0. The van der Waals surface area contributed by atoms with Crippen LogP contribution in [0.5, 0.6) is 0 Å². The molecule has 72 valence electrons. The van der Waals surface area contributed by atoms with Crippen molar-refractivity contribution < 1.29 is 15.2 Å². The second kappa shape index (κ2) is 10.6. The highest BCUT2D eigenvalue weighted by Gasteiger charge is 1.88. The molecule has 0 fully saturated rings. The summed E-state index contributed by atoms with van der Waals surface area (Å²) in [6.07, 6.45) is 9.83. The van der Waals surface area contributed by atoms with Crippen LogP contribution in [-0.2, 0) is 9.93 Å². The van der Waals surface area contributed by atoms with Gasteiger partial charge in [0.15, 0.2) is 0 Å². The van der Waals surface area contributed by atoms with Gasteiger partial charge in [0.2, 0.25) is 0 Å². The van der Waals surface area contributed by atoms with Crippen LogP contribution in [-0.4, -0.2) is 11.9 Å². The molecule has 3 nitrogen and oxygen atoms in total. The molecular weight excluding hydrogens is 156 g/mol. The summed E-state index contributed by atoms with van der Waals surface area (Å²) in [6.45, 7) is 2.59. The van der Waals surface area contributed by atoms with Gasteiger partial charge >= 0.3 is 0 Å². The topological polar surface area (TPSA) is 38.7 Å². The van der Waals surface area contributed by atoms with E-state index in [1.807, 2.05) is 0 Å². The molecule has 0 bridgehead atoms. The predicted octanol–water partition coefficient (Wildman–Crippen LogP) is 2.93. The Hall–Kier alpha value is -0.380. The van der Waals surface area contributed by atoms with Gasteiger partial charge in [0.05, 0.1) is 6.61 Å². The van der Waals surface area contributed by atoms with Crippen LogP contribution in [0.2, 0.25) is 0 Å². The molecule has 0 aliphatic heterocycles. The summed E-state index contributed by atoms with van der Waals surface area (Å²) in [6, 6.07) is 0. The van der Waals surface area contributed by atoms with Gasteiger partial charge in [-0.1, -0.05) is 30.5 Å². The predicted molar refractivity (Wildman–Crippen MR) is 47.6 cm³/mol. The van der Waals surface area contributed by atoms with Crippen LogP contribution < -0.4 is 0 Å². The van der Waals surface area contributed by atoms with Gasteiger partial charge in [0, 0.05) is 0 Å². The number of allylic oxidation sites excluding steroid dienone is 2. The van der Waals surface area contributed by atoms with E-state index in [1.165, 1.54) is 6.42 Å². The fourth-order valence-corrected chi connectivity index (χ4v) is 0.922. The molecule has 0 aromatic carbocycles. The van der Waals surface area contributed by atoms with Crippen molar-refractivity contribution in [1.82, 2.24) is 0 Å². The van der Waals surface area contributed by atoms with Gasteiger partial charge in [0.1, 0.15) is 0 Å². The number of unbranched alkanes of at least 4 members (excludes halogenated alkanes) is 3. The third-order valence-electron chi connectivity index (χ3n) is 1.55. The van der Waals surface area contributed by atoms with Crippen molar-refractivity contribution in [2.45, 2.75) is 39.0 Å². The van der Waals surface area contributed by atoms with E-state index in [4.69, 9.17) is 5.26 Å². The summed E-state index contributed by atoms with van der Waals surface area (Å²) in [5, 5.41) is 11.3. The van der Waals surface area contributed by atoms with Crippen molar-refractivity contribution >= 4 is 0 Å². The maximum Gasteiger partial charge on any atom is 0.0853 e. The first-order chi connectivity index (χ1) is 5.91. The van der Waals surface area contributed by atoms with E-state index >= 15 is 0 Å². The lowest BCUT2D eigenvalue weighted by Gasteiger charge is -1.96. The van der Waals surface area contributed by atoms with Crippen LogP contribution in [0.25, 0.3) is 0 Å². The van der Waals surface area contributed by atoms with Gasteiger partial charge in [-0.15, -0.1) is 0 Å². The molecule has 1 N–H and O–H groups in total. The van der Waals surface area contributed by atoms with E-state index in [1.54, 1.807) is 0 Å². The molecule has 0 heterocycles. The minimum absolute atomic E-state index is 0.466. The second-order valence-electron chi connectivity index (χ2n) is 2.63. The summed E-state index contributed by atoms with van der Waals surface area (Å²) in [5.74, 6) is 0. The molecule has 0 rings (SSSR count). The van der Waals surface area contributed by atoms with E-state index in [0.717, 1.165) is 25.7 Å². The quantitative estimate of drug-likeness (QED) is 0.266. The summed E-state index contributed by atoms with van der Waals surface area (Å²) in [4.78, 5) is 4.30. The van der Waals surface area contributed by atoms with Crippen molar-refractivity contribution in [3.05, 3.63) is 12.2 Å². The number of hydrogen-bond donors (Lipinski definition) is 1. The first-order valence-corrected chi connectivity index (χ1v) is 4.49. The Kier molecular flexibility index (Phi) is 10.3. The van der Waals surface area contributed by atoms with E-state index in [-0.39, 0.29) is 0 Å². The fraction of sp³-hybridized carbons (Fsp3) is 0.778. The molecule has 0 spiro atoms. The third kappa shape index (κ3) is 9.62. The standard InChI is InChI=1S/C9H18O3/c1-2-3-4-5-6-7-8-9-11-12-10/h3-4,10H,2,5-9H2,1H3. The minimum Gasteiger partial charge on any atom is -0.221 e. The zero-order chi connectivity index (χ0) is 9.07. The largest absolute Gasteiger partial charge is 0.221 e. The Labute approximate surface area is 73.8 Å². The van der Waals surface area contributed by atoms with Crippen molar-refractivity contribution in [3.63, 3.8) is 0 Å². The Morgan fingerprint density at radius 1 is 1.17 bits per heavy atom. The Morgan fingerprint density at radius 3 is 2.67 bits per heavy atom. The number of hydrogen-bond acceptors (Lipinski definition) is 3. The molecule has 0 unspecified atom stereocenters. The average Bonchev–Trinajstić information content (AvgIpc) is 2.10. The van der Waals surface area contributed by atoms with E-state index in [0.29, 0.717) is 6.61 Å². The first-order valence-electron chi connectivity index (χ1n) is 4.49. The van der Waals surface area contributed by atoms with Crippen molar-refractivity contribution in [2.24, 2.45) is 0 Å². The molecule has 0 amide bonds. The molecule has 0 aliphatic rings. The van der Waals surface area contributed by atoms with Gasteiger partial charge in [-0.05, 0) is 25.7 Å². The molecule has 12 heavy (non-hydrogen) atoms. The van der Waals surface area contributed by atoms with Crippen LogP contribution in [0.3, 0.4) is 0 Å².